The Morgan fingerprint density at radius 2 is 2.25 bits per heavy atom. The van der Waals surface area contributed by atoms with Gasteiger partial charge in [0.15, 0.2) is 0 Å². The van der Waals surface area contributed by atoms with E-state index in [4.69, 9.17) is 5.73 Å². The van der Waals surface area contributed by atoms with Crippen LogP contribution in [0.3, 0.4) is 0 Å². The third kappa shape index (κ3) is 4.10. The summed E-state index contributed by atoms with van der Waals surface area (Å²) in [6, 6.07) is 0.334. The maximum Gasteiger partial charge on any atom is 0.220 e. The van der Waals surface area contributed by atoms with Crippen molar-refractivity contribution in [3.8, 4) is 0 Å². The van der Waals surface area contributed by atoms with Crippen LogP contribution in [0.25, 0.3) is 0 Å². The highest BCUT2D eigenvalue weighted by Gasteiger charge is 2.25. The van der Waals surface area contributed by atoms with Crippen molar-refractivity contribution in [1.29, 1.82) is 0 Å². The van der Waals surface area contributed by atoms with Gasteiger partial charge in [-0.1, -0.05) is 20.8 Å². The maximum absolute atomic E-state index is 11.1. The predicted molar refractivity (Wildman–Crippen MR) is 66.1 cm³/mol. The fraction of sp³-hybridized carbons (Fsp3) is 0.917. The van der Waals surface area contributed by atoms with Gasteiger partial charge in [-0.25, -0.2) is 0 Å². The minimum atomic E-state index is 0.151. The Hall–Kier alpha value is -0.610. The lowest BCUT2D eigenvalue weighted by molar-refractivity contribution is -0.119. The summed E-state index contributed by atoms with van der Waals surface area (Å²) in [5.41, 5.74) is 5.89. The fourth-order valence-electron chi connectivity index (χ4n) is 2.10. The summed E-state index contributed by atoms with van der Waals surface area (Å²) in [7, 11) is 0. The number of rotatable bonds is 6. The van der Waals surface area contributed by atoms with E-state index < -0.39 is 0 Å². The van der Waals surface area contributed by atoms with E-state index in [1.807, 2.05) is 0 Å². The summed E-state index contributed by atoms with van der Waals surface area (Å²) in [5.74, 6) is 0.194. The zero-order valence-corrected chi connectivity index (χ0v) is 10.8. The van der Waals surface area contributed by atoms with Crippen LogP contribution in [0, 0.1) is 5.41 Å². The van der Waals surface area contributed by atoms with Gasteiger partial charge in [-0.15, -0.1) is 0 Å². The lowest BCUT2D eigenvalue weighted by Crippen LogP contribution is -2.44. The highest BCUT2D eigenvalue weighted by molar-refractivity contribution is 5.78. The number of hydrogen-bond acceptors (Lipinski definition) is 3. The molecule has 0 aliphatic carbocycles. The van der Waals surface area contributed by atoms with Gasteiger partial charge in [0.2, 0.25) is 5.91 Å². The lowest BCUT2D eigenvalue weighted by atomic mass is 9.93. The second-order valence-electron chi connectivity index (χ2n) is 5.50. The Kier molecular flexibility index (Phi) is 4.74. The monoisotopic (exact) mass is 227 g/mol. The molecule has 94 valence electrons. The van der Waals surface area contributed by atoms with E-state index in [1.165, 1.54) is 0 Å². The predicted octanol–water partition coefficient (Wildman–Crippen LogP) is 0.572. The molecule has 0 aromatic rings. The molecule has 1 atom stereocenters. The first kappa shape index (κ1) is 13.5. The van der Waals surface area contributed by atoms with Crippen LogP contribution in [0.2, 0.25) is 0 Å². The summed E-state index contributed by atoms with van der Waals surface area (Å²) in [4.78, 5) is 13.5. The Bertz CT molecular complexity index is 240. The SMILES string of the molecule is CCN(CC1CCC(=O)N1)CC(C)(C)CN. The number of amides is 1. The number of nitrogens with two attached hydrogens (primary N) is 1. The molecule has 1 fully saturated rings. The van der Waals surface area contributed by atoms with Gasteiger partial charge < -0.3 is 16.0 Å². The molecule has 1 rings (SSSR count). The molecule has 1 aliphatic rings. The highest BCUT2D eigenvalue weighted by Crippen LogP contribution is 2.16. The van der Waals surface area contributed by atoms with Crippen molar-refractivity contribution < 1.29 is 4.79 Å². The van der Waals surface area contributed by atoms with E-state index in [0.717, 1.165) is 26.1 Å². The minimum absolute atomic E-state index is 0.151. The second-order valence-corrected chi connectivity index (χ2v) is 5.50. The average Bonchev–Trinajstić information content (AvgIpc) is 2.63. The van der Waals surface area contributed by atoms with Crippen LogP contribution in [0.15, 0.2) is 0 Å². The first-order valence-corrected chi connectivity index (χ1v) is 6.18. The van der Waals surface area contributed by atoms with Crippen LogP contribution in [-0.4, -0.2) is 43.0 Å². The zero-order valence-electron chi connectivity index (χ0n) is 10.8. The molecule has 0 aromatic carbocycles. The van der Waals surface area contributed by atoms with Crippen LogP contribution in [-0.2, 0) is 4.79 Å². The number of nitrogens with one attached hydrogen (secondary N) is 1. The Labute approximate surface area is 98.6 Å². The van der Waals surface area contributed by atoms with Crippen molar-refractivity contribution in [2.75, 3.05) is 26.2 Å². The molecule has 0 radical (unpaired) electrons. The van der Waals surface area contributed by atoms with Gasteiger partial charge in [0, 0.05) is 25.6 Å². The van der Waals surface area contributed by atoms with Crippen LogP contribution < -0.4 is 11.1 Å². The molecule has 0 spiro atoms. The number of hydrogen-bond donors (Lipinski definition) is 2. The van der Waals surface area contributed by atoms with E-state index in [-0.39, 0.29) is 11.3 Å². The van der Waals surface area contributed by atoms with E-state index in [9.17, 15) is 4.79 Å². The smallest absolute Gasteiger partial charge is 0.220 e. The molecule has 16 heavy (non-hydrogen) atoms. The minimum Gasteiger partial charge on any atom is -0.352 e. The van der Waals surface area contributed by atoms with Gasteiger partial charge in [0.05, 0.1) is 0 Å². The summed E-state index contributed by atoms with van der Waals surface area (Å²) in [6.07, 6.45) is 1.65. The van der Waals surface area contributed by atoms with Crippen LogP contribution in [0.4, 0.5) is 0 Å². The molecular weight excluding hydrogens is 202 g/mol. The molecule has 3 N–H and O–H groups in total. The summed E-state index contributed by atoms with van der Waals surface area (Å²) in [6.45, 7) is 10.2. The molecule has 1 unspecified atom stereocenters. The summed E-state index contributed by atoms with van der Waals surface area (Å²) in [5, 5.41) is 3.01. The van der Waals surface area contributed by atoms with Crippen molar-refractivity contribution in [3.05, 3.63) is 0 Å². The molecule has 1 amide bonds. The Morgan fingerprint density at radius 3 is 2.69 bits per heavy atom. The molecule has 0 bridgehead atoms. The van der Waals surface area contributed by atoms with Gasteiger partial charge in [-0.05, 0) is 24.9 Å². The molecule has 4 nitrogen and oxygen atoms in total. The van der Waals surface area contributed by atoms with Crippen molar-refractivity contribution in [2.24, 2.45) is 11.1 Å². The molecule has 1 heterocycles. The largest absolute Gasteiger partial charge is 0.352 e. The molecule has 0 saturated carbocycles. The number of likely N-dealkylation sites (N-methyl/N-ethyl adjacent to an activating group) is 1. The lowest BCUT2D eigenvalue weighted by Gasteiger charge is -2.32. The van der Waals surface area contributed by atoms with Gasteiger partial charge in [0.25, 0.3) is 0 Å². The van der Waals surface area contributed by atoms with Gasteiger partial charge in [-0.3, -0.25) is 4.79 Å². The highest BCUT2D eigenvalue weighted by atomic mass is 16.1. The second kappa shape index (κ2) is 5.64. The first-order valence-electron chi connectivity index (χ1n) is 6.18. The summed E-state index contributed by atoms with van der Waals surface area (Å²) >= 11 is 0. The van der Waals surface area contributed by atoms with Crippen molar-refractivity contribution >= 4 is 5.91 Å². The fourth-order valence-corrected chi connectivity index (χ4v) is 2.10. The molecular formula is C12H25N3O. The van der Waals surface area contributed by atoms with Gasteiger partial charge >= 0.3 is 0 Å². The molecule has 0 aromatic heterocycles. The van der Waals surface area contributed by atoms with Gasteiger partial charge in [0.1, 0.15) is 0 Å². The Morgan fingerprint density at radius 1 is 1.56 bits per heavy atom. The van der Waals surface area contributed by atoms with Gasteiger partial charge in [-0.2, -0.15) is 0 Å². The van der Waals surface area contributed by atoms with Crippen LogP contribution in [0.5, 0.6) is 0 Å². The molecule has 1 saturated heterocycles. The van der Waals surface area contributed by atoms with E-state index in [1.54, 1.807) is 0 Å². The van der Waals surface area contributed by atoms with E-state index in [2.05, 4.69) is 31.0 Å². The van der Waals surface area contributed by atoms with E-state index in [0.29, 0.717) is 19.0 Å². The molecule has 1 aliphatic heterocycles. The zero-order chi connectivity index (χ0) is 12.2. The van der Waals surface area contributed by atoms with Crippen molar-refractivity contribution in [2.45, 2.75) is 39.7 Å². The van der Waals surface area contributed by atoms with E-state index >= 15 is 0 Å². The van der Waals surface area contributed by atoms with Crippen molar-refractivity contribution in [3.63, 3.8) is 0 Å². The third-order valence-electron chi connectivity index (χ3n) is 3.21. The third-order valence-corrected chi connectivity index (χ3v) is 3.21. The first-order chi connectivity index (χ1) is 7.46. The number of nitrogens with zero attached hydrogens (tertiary/aromatic N) is 1. The van der Waals surface area contributed by atoms with Crippen molar-refractivity contribution in [1.82, 2.24) is 10.2 Å². The normalized spacial score (nSPS) is 21.6. The summed E-state index contributed by atoms with van der Waals surface area (Å²) < 4.78 is 0. The maximum atomic E-state index is 11.1. The average molecular weight is 227 g/mol. The topological polar surface area (TPSA) is 58.4 Å². The van der Waals surface area contributed by atoms with Crippen LogP contribution >= 0.6 is 0 Å². The standard InChI is InChI=1S/C12H25N3O/c1-4-15(9-12(2,3)8-13)7-10-5-6-11(16)14-10/h10H,4-9,13H2,1-3H3,(H,14,16). The molecule has 4 heteroatoms. The number of carbonyl (C=O) groups excluding carboxylic acids is 1. The van der Waals surface area contributed by atoms with Crippen LogP contribution in [0.1, 0.15) is 33.6 Å². The number of carbonyl (C=O) groups is 1. The quantitative estimate of drug-likeness (QED) is 0.697. The Balaban J connectivity index is 2.40.